The number of hydrogen-bond acceptors (Lipinski definition) is 2. The lowest BCUT2D eigenvalue weighted by atomic mass is 9.57. The molecule has 2 heterocycles. The van der Waals surface area contributed by atoms with E-state index in [0.717, 1.165) is 17.4 Å². The zero-order valence-corrected chi connectivity index (χ0v) is 9.43. The maximum absolute atomic E-state index is 5.80. The van der Waals surface area contributed by atoms with Crippen LogP contribution < -0.4 is 5.32 Å². The topological polar surface area (TPSA) is 24.9 Å². The van der Waals surface area contributed by atoms with Crippen LogP contribution in [-0.2, 0) is 6.42 Å². The average Bonchev–Trinajstić information content (AvgIpc) is 2.10. The number of nitrogens with zero attached hydrogens (tertiary/aromatic N) is 1. The fourth-order valence-electron chi connectivity index (χ4n) is 2.90. The predicted octanol–water partition coefficient (Wildman–Crippen LogP) is 2.28. The molecule has 1 spiro atoms. The molecule has 1 saturated heterocycles. The van der Waals surface area contributed by atoms with Gasteiger partial charge in [0.15, 0.2) is 0 Å². The molecular formula is C12H15ClN2. The Labute approximate surface area is 95.0 Å². The summed E-state index contributed by atoms with van der Waals surface area (Å²) >= 11 is 5.80. The molecule has 1 aromatic heterocycles. The van der Waals surface area contributed by atoms with E-state index in [1.807, 2.05) is 12.1 Å². The van der Waals surface area contributed by atoms with Crippen LogP contribution in [0.25, 0.3) is 0 Å². The molecule has 0 amide bonds. The third kappa shape index (κ3) is 1.77. The SMILES string of the molecule is Clc1ccc(CC2CC3(CNC3)C2)nc1. The molecule has 0 bridgehead atoms. The van der Waals surface area contributed by atoms with Crippen LogP contribution in [0.15, 0.2) is 18.3 Å². The maximum Gasteiger partial charge on any atom is 0.0589 e. The Bertz CT molecular complexity index is 348. The molecule has 1 aliphatic carbocycles. The number of nitrogens with one attached hydrogen (secondary N) is 1. The second-order valence-corrected chi connectivity index (χ2v) is 5.49. The summed E-state index contributed by atoms with van der Waals surface area (Å²) in [5.74, 6) is 0.848. The summed E-state index contributed by atoms with van der Waals surface area (Å²) in [6, 6.07) is 3.98. The molecular weight excluding hydrogens is 208 g/mol. The van der Waals surface area contributed by atoms with Gasteiger partial charge in [0.25, 0.3) is 0 Å². The lowest BCUT2D eigenvalue weighted by Gasteiger charge is -2.54. The molecule has 15 heavy (non-hydrogen) atoms. The van der Waals surface area contributed by atoms with Crippen molar-refractivity contribution < 1.29 is 0 Å². The summed E-state index contributed by atoms with van der Waals surface area (Å²) in [7, 11) is 0. The van der Waals surface area contributed by atoms with Gasteiger partial charge in [-0.15, -0.1) is 0 Å². The number of rotatable bonds is 2. The summed E-state index contributed by atoms with van der Waals surface area (Å²) < 4.78 is 0. The Morgan fingerprint density at radius 2 is 2.20 bits per heavy atom. The van der Waals surface area contributed by atoms with Gasteiger partial charge in [0, 0.05) is 25.0 Å². The molecule has 1 saturated carbocycles. The highest BCUT2D eigenvalue weighted by Crippen LogP contribution is 2.49. The molecule has 0 atom stereocenters. The van der Waals surface area contributed by atoms with Crippen molar-refractivity contribution in [1.82, 2.24) is 10.3 Å². The van der Waals surface area contributed by atoms with Crippen LogP contribution in [0.1, 0.15) is 18.5 Å². The van der Waals surface area contributed by atoms with Crippen molar-refractivity contribution in [2.24, 2.45) is 11.3 Å². The zero-order valence-electron chi connectivity index (χ0n) is 8.67. The standard InChI is InChI=1S/C12H15ClN2/c13-10-1-2-11(15-6-10)3-9-4-12(5-9)7-14-8-12/h1-2,6,9,14H,3-5,7-8H2. The number of aromatic nitrogens is 1. The van der Waals surface area contributed by atoms with Crippen molar-refractivity contribution in [2.75, 3.05) is 13.1 Å². The van der Waals surface area contributed by atoms with E-state index in [1.165, 1.54) is 31.6 Å². The Morgan fingerprint density at radius 1 is 1.40 bits per heavy atom. The van der Waals surface area contributed by atoms with E-state index in [0.29, 0.717) is 5.41 Å². The molecule has 80 valence electrons. The first-order valence-corrected chi connectivity index (χ1v) is 5.95. The van der Waals surface area contributed by atoms with Crippen LogP contribution in [-0.4, -0.2) is 18.1 Å². The van der Waals surface area contributed by atoms with Crippen LogP contribution in [0.2, 0.25) is 5.02 Å². The van der Waals surface area contributed by atoms with Gasteiger partial charge < -0.3 is 5.32 Å². The van der Waals surface area contributed by atoms with E-state index < -0.39 is 0 Å². The first kappa shape index (κ1) is 9.61. The van der Waals surface area contributed by atoms with Crippen LogP contribution in [0.3, 0.4) is 0 Å². The van der Waals surface area contributed by atoms with E-state index in [1.54, 1.807) is 6.20 Å². The fourth-order valence-corrected chi connectivity index (χ4v) is 3.01. The molecule has 1 aliphatic heterocycles. The van der Waals surface area contributed by atoms with Gasteiger partial charge in [-0.05, 0) is 42.7 Å². The average molecular weight is 223 g/mol. The van der Waals surface area contributed by atoms with E-state index in [9.17, 15) is 0 Å². The summed E-state index contributed by atoms with van der Waals surface area (Å²) in [4.78, 5) is 4.34. The third-order valence-electron chi connectivity index (χ3n) is 3.73. The molecule has 2 nitrogen and oxygen atoms in total. The summed E-state index contributed by atoms with van der Waals surface area (Å²) in [6.07, 6.45) is 5.63. The molecule has 2 fully saturated rings. The predicted molar refractivity (Wildman–Crippen MR) is 61.0 cm³/mol. The van der Waals surface area contributed by atoms with Gasteiger partial charge in [0.1, 0.15) is 0 Å². The molecule has 3 rings (SSSR count). The van der Waals surface area contributed by atoms with Crippen molar-refractivity contribution in [3.05, 3.63) is 29.0 Å². The van der Waals surface area contributed by atoms with Gasteiger partial charge in [0.05, 0.1) is 5.02 Å². The van der Waals surface area contributed by atoms with Gasteiger partial charge >= 0.3 is 0 Å². The molecule has 1 aromatic rings. The zero-order chi connectivity index (χ0) is 10.3. The van der Waals surface area contributed by atoms with E-state index in [2.05, 4.69) is 10.3 Å². The molecule has 0 radical (unpaired) electrons. The van der Waals surface area contributed by atoms with E-state index in [-0.39, 0.29) is 0 Å². The minimum absolute atomic E-state index is 0.678. The van der Waals surface area contributed by atoms with Crippen molar-refractivity contribution >= 4 is 11.6 Å². The Balaban J connectivity index is 1.56. The molecule has 0 aromatic carbocycles. The molecule has 2 aliphatic rings. The maximum atomic E-state index is 5.80. The van der Waals surface area contributed by atoms with Gasteiger partial charge in [-0.3, -0.25) is 4.98 Å². The van der Waals surface area contributed by atoms with Crippen molar-refractivity contribution in [3.63, 3.8) is 0 Å². The number of pyridine rings is 1. The Morgan fingerprint density at radius 3 is 2.73 bits per heavy atom. The lowest BCUT2D eigenvalue weighted by Crippen LogP contribution is -2.60. The van der Waals surface area contributed by atoms with Gasteiger partial charge in [0.2, 0.25) is 0 Å². The van der Waals surface area contributed by atoms with Crippen molar-refractivity contribution in [1.29, 1.82) is 0 Å². The largest absolute Gasteiger partial charge is 0.316 e. The third-order valence-corrected chi connectivity index (χ3v) is 3.95. The summed E-state index contributed by atoms with van der Waals surface area (Å²) in [5, 5.41) is 4.09. The smallest absolute Gasteiger partial charge is 0.0589 e. The monoisotopic (exact) mass is 222 g/mol. The summed E-state index contributed by atoms with van der Waals surface area (Å²) in [6.45, 7) is 2.47. The minimum Gasteiger partial charge on any atom is -0.316 e. The van der Waals surface area contributed by atoms with Crippen molar-refractivity contribution in [3.8, 4) is 0 Å². The molecule has 3 heteroatoms. The Kier molecular flexibility index (Phi) is 2.22. The number of hydrogen-bond donors (Lipinski definition) is 1. The van der Waals surface area contributed by atoms with Crippen LogP contribution >= 0.6 is 11.6 Å². The van der Waals surface area contributed by atoms with Gasteiger partial charge in [-0.25, -0.2) is 0 Å². The Hall–Kier alpha value is -0.600. The van der Waals surface area contributed by atoms with E-state index >= 15 is 0 Å². The summed E-state index contributed by atoms with van der Waals surface area (Å²) in [5.41, 5.74) is 1.86. The van der Waals surface area contributed by atoms with Crippen LogP contribution in [0.5, 0.6) is 0 Å². The van der Waals surface area contributed by atoms with Crippen LogP contribution in [0.4, 0.5) is 0 Å². The van der Waals surface area contributed by atoms with Gasteiger partial charge in [-0.1, -0.05) is 11.6 Å². The highest BCUT2D eigenvalue weighted by atomic mass is 35.5. The second kappa shape index (κ2) is 3.46. The molecule has 1 N–H and O–H groups in total. The quantitative estimate of drug-likeness (QED) is 0.831. The fraction of sp³-hybridized carbons (Fsp3) is 0.583. The molecule has 0 unspecified atom stereocenters. The normalized spacial score (nSPS) is 23.5. The first-order valence-electron chi connectivity index (χ1n) is 5.57. The number of halogens is 1. The highest BCUT2D eigenvalue weighted by molar-refractivity contribution is 6.30. The van der Waals surface area contributed by atoms with Crippen molar-refractivity contribution in [2.45, 2.75) is 19.3 Å². The van der Waals surface area contributed by atoms with Gasteiger partial charge in [-0.2, -0.15) is 0 Å². The lowest BCUT2D eigenvalue weighted by molar-refractivity contribution is 0.000492. The van der Waals surface area contributed by atoms with Crippen LogP contribution in [0, 0.1) is 11.3 Å². The minimum atomic E-state index is 0.678. The highest BCUT2D eigenvalue weighted by Gasteiger charge is 2.47. The van der Waals surface area contributed by atoms with E-state index in [4.69, 9.17) is 11.6 Å². The second-order valence-electron chi connectivity index (χ2n) is 5.05. The first-order chi connectivity index (χ1) is 7.26.